The normalized spacial score (nSPS) is 26.2. The third-order valence-corrected chi connectivity index (χ3v) is 4.23. The molecule has 0 aromatic rings. The molecule has 108 valence electrons. The van der Waals surface area contributed by atoms with Crippen LogP contribution in [-0.4, -0.2) is 47.6 Å². The predicted molar refractivity (Wildman–Crippen MR) is 71.7 cm³/mol. The summed E-state index contributed by atoms with van der Waals surface area (Å²) in [6, 6.07) is -0.698. The second-order valence-corrected chi connectivity index (χ2v) is 6.49. The summed E-state index contributed by atoms with van der Waals surface area (Å²) in [4.78, 5) is 25.2. The van der Waals surface area contributed by atoms with Gasteiger partial charge in [0.2, 0.25) is 5.91 Å². The van der Waals surface area contributed by atoms with Gasteiger partial charge in [0.15, 0.2) is 0 Å². The lowest BCUT2D eigenvalue weighted by Gasteiger charge is -2.44. The average molecular weight is 268 g/mol. The summed E-state index contributed by atoms with van der Waals surface area (Å²) in [6.45, 7) is 5.56. The molecule has 1 aliphatic heterocycles. The largest absolute Gasteiger partial charge is 0.480 e. The lowest BCUT2D eigenvalue weighted by atomic mass is 9.76. The van der Waals surface area contributed by atoms with Crippen LogP contribution >= 0.6 is 0 Å². The van der Waals surface area contributed by atoms with Crippen LogP contribution in [0.15, 0.2) is 0 Å². The first-order chi connectivity index (χ1) is 8.92. The van der Waals surface area contributed by atoms with E-state index in [-0.39, 0.29) is 17.9 Å². The smallest absolute Gasteiger partial charge is 0.326 e. The predicted octanol–water partition coefficient (Wildman–Crippen LogP) is 1.09. The molecule has 0 radical (unpaired) electrons. The first kappa shape index (κ1) is 14.3. The zero-order valence-electron chi connectivity index (χ0n) is 11.8. The van der Waals surface area contributed by atoms with Gasteiger partial charge in [-0.2, -0.15) is 0 Å². The highest BCUT2D eigenvalue weighted by molar-refractivity contribution is 5.85. The zero-order valence-corrected chi connectivity index (χ0v) is 11.8. The molecule has 2 N–H and O–H groups in total. The maximum Gasteiger partial charge on any atom is 0.326 e. The standard InChI is InChI=1S/C14H24N2O3/c1-14(2)6-3-7-16(12(14)13(18)19)11(17)9-15-8-10-4-5-10/h10,12,15H,3-9H2,1-2H3,(H,18,19). The van der Waals surface area contributed by atoms with Crippen LogP contribution in [0, 0.1) is 11.3 Å². The number of piperidine rings is 1. The topological polar surface area (TPSA) is 69.6 Å². The van der Waals surface area contributed by atoms with Crippen LogP contribution in [0.1, 0.15) is 39.5 Å². The monoisotopic (exact) mass is 268 g/mol. The number of carbonyl (C=O) groups is 2. The van der Waals surface area contributed by atoms with E-state index in [1.807, 2.05) is 13.8 Å². The van der Waals surface area contributed by atoms with Gasteiger partial charge in [-0.15, -0.1) is 0 Å². The number of amides is 1. The van der Waals surface area contributed by atoms with Crippen molar-refractivity contribution in [2.45, 2.75) is 45.6 Å². The Hall–Kier alpha value is -1.10. The molecular formula is C14H24N2O3. The van der Waals surface area contributed by atoms with Crippen molar-refractivity contribution in [3.05, 3.63) is 0 Å². The molecule has 0 bridgehead atoms. The van der Waals surface area contributed by atoms with Crippen molar-refractivity contribution in [2.75, 3.05) is 19.6 Å². The maximum absolute atomic E-state index is 12.2. The minimum Gasteiger partial charge on any atom is -0.480 e. The molecule has 0 spiro atoms. The number of rotatable bonds is 5. The quantitative estimate of drug-likeness (QED) is 0.783. The number of carboxylic acids is 1. The molecule has 0 aromatic carbocycles. The Morgan fingerprint density at radius 1 is 1.37 bits per heavy atom. The Bertz CT molecular complexity index is 364. The Morgan fingerprint density at radius 2 is 2.05 bits per heavy atom. The molecule has 2 fully saturated rings. The highest BCUT2D eigenvalue weighted by Crippen LogP contribution is 2.35. The van der Waals surface area contributed by atoms with Crippen LogP contribution in [0.4, 0.5) is 0 Å². The van der Waals surface area contributed by atoms with Gasteiger partial charge in [0.1, 0.15) is 6.04 Å². The van der Waals surface area contributed by atoms with E-state index in [1.54, 1.807) is 4.90 Å². The third-order valence-electron chi connectivity index (χ3n) is 4.23. The number of hydrogen-bond donors (Lipinski definition) is 2. The summed E-state index contributed by atoms with van der Waals surface area (Å²) in [5.41, 5.74) is -0.351. The highest BCUT2D eigenvalue weighted by atomic mass is 16.4. The van der Waals surface area contributed by atoms with Gasteiger partial charge >= 0.3 is 5.97 Å². The Balaban J connectivity index is 1.94. The van der Waals surface area contributed by atoms with Crippen molar-refractivity contribution < 1.29 is 14.7 Å². The van der Waals surface area contributed by atoms with Crippen molar-refractivity contribution >= 4 is 11.9 Å². The van der Waals surface area contributed by atoms with E-state index in [0.29, 0.717) is 6.54 Å². The van der Waals surface area contributed by atoms with Crippen LogP contribution in [0.5, 0.6) is 0 Å². The van der Waals surface area contributed by atoms with Crippen molar-refractivity contribution in [3.8, 4) is 0 Å². The summed E-state index contributed by atoms with van der Waals surface area (Å²) >= 11 is 0. The molecule has 2 aliphatic rings. The molecule has 19 heavy (non-hydrogen) atoms. The first-order valence-corrected chi connectivity index (χ1v) is 7.15. The van der Waals surface area contributed by atoms with Crippen molar-refractivity contribution in [3.63, 3.8) is 0 Å². The van der Waals surface area contributed by atoms with E-state index >= 15 is 0 Å². The molecule has 0 aromatic heterocycles. The van der Waals surface area contributed by atoms with E-state index in [4.69, 9.17) is 0 Å². The van der Waals surface area contributed by atoms with Crippen molar-refractivity contribution in [1.82, 2.24) is 10.2 Å². The molecule has 1 aliphatic carbocycles. The van der Waals surface area contributed by atoms with Crippen molar-refractivity contribution in [2.24, 2.45) is 11.3 Å². The molecule has 1 saturated carbocycles. The molecule has 5 heteroatoms. The molecule has 1 unspecified atom stereocenters. The molecule has 5 nitrogen and oxygen atoms in total. The van der Waals surface area contributed by atoms with Gasteiger partial charge in [0.05, 0.1) is 6.54 Å². The van der Waals surface area contributed by atoms with Crippen LogP contribution in [0.3, 0.4) is 0 Å². The molecular weight excluding hydrogens is 244 g/mol. The fourth-order valence-electron chi connectivity index (χ4n) is 2.94. The number of likely N-dealkylation sites (tertiary alicyclic amines) is 1. The second kappa shape index (κ2) is 5.49. The van der Waals surface area contributed by atoms with Gasteiger partial charge < -0.3 is 15.3 Å². The van der Waals surface area contributed by atoms with E-state index in [2.05, 4.69) is 5.32 Å². The lowest BCUT2D eigenvalue weighted by Crippen LogP contribution is -2.57. The summed E-state index contributed by atoms with van der Waals surface area (Å²) in [6.07, 6.45) is 4.22. The Morgan fingerprint density at radius 3 is 2.63 bits per heavy atom. The highest BCUT2D eigenvalue weighted by Gasteiger charge is 2.44. The van der Waals surface area contributed by atoms with Gasteiger partial charge in [-0.05, 0) is 43.6 Å². The number of nitrogens with zero attached hydrogens (tertiary/aromatic N) is 1. The van der Waals surface area contributed by atoms with Gasteiger partial charge in [-0.1, -0.05) is 13.8 Å². The average Bonchev–Trinajstić information content (AvgIpc) is 3.10. The number of aliphatic carboxylic acids is 1. The summed E-state index contributed by atoms with van der Waals surface area (Å²) < 4.78 is 0. The second-order valence-electron chi connectivity index (χ2n) is 6.49. The number of carboxylic acid groups (broad SMARTS) is 1. The molecule has 1 amide bonds. The number of carbonyl (C=O) groups excluding carboxylic acids is 1. The fraction of sp³-hybridized carbons (Fsp3) is 0.857. The zero-order chi connectivity index (χ0) is 14.0. The van der Waals surface area contributed by atoms with E-state index < -0.39 is 12.0 Å². The maximum atomic E-state index is 12.2. The summed E-state index contributed by atoms with van der Waals surface area (Å²) in [7, 11) is 0. The van der Waals surface area contributed by atoms with Gasteiger partial charge in [0.25, 0.3) is 0 Å². The molecule has 1 atom stereocenters. The van der Waals surface area contributed by atoms with Gasteiger partial charge in [-0.3, -0.25) is 4.79 Å². The third kappa shape index (κ3) is 3.47. The van der Waals surface area contributed by atoms with Crippen LogP contribution in [-0.2, 0) is 9.59 Å². The lowest BCUT2D eigenvalue weighted by molar-refractivity contribution is -0.158. The first-order valence-electron chi connectivity index (χ1n) is 7.15. The molecule has 1 heterocycles. The number of nitrogens with one attached hydrogen (secondary N) is 1. The molecule has 2 rings (SSSR count). The minimum atomic E-state index is -0.889. The minimum absolute atomic E-state index is 0.0826. The van der Waals surface area contributed by atoms with Gasteiger partial charge in [0, 0.05) is 6.54 Å². The van der Waals surface area contributed by atoms with Gasteiger partial charge in [-0.25, -0.2) is 4.79 Å². The summed E-state index contributed by atoms with van der Waals surface area (Å²) in [5, 5.41) is 12.5. The van der Waals surface area contributed by atoms with Crippen LogP contribution in [0.2, 0.25) is 0 Å². The van der Waals surface area contributed by atoms with Crippen molar-refractivity contribution in [1.29, 1.82) is 0 Å². The SMILES string of the molecule is CC1(C)CCCN(C(=O)CNCC2CC2)C1C(=O)O. The Labute approximate surface area is 114 Å². The van der Waals surface area contributed by atoms with E-state index in [1.165, 1.54) is 12.8 Å². The molecule has 1 saturated heterocycles. The summed E-state index contributed by atoms with van der Waals surface area (Å²) in [5.74, 6) is -0.248. The van der Waals surface area contributed by atoms with E-state index in [9.17, 15) is 14.7 Å². The van der Waals surface area contributed by atoms with Crippen LogP contribution < -0.4 is 5.32 Å². The van der Waals surface area contributed by atoms with Crippen LogP contribution in [0.25, 0.3) is 0 Å². The number of hydrogen-bond acceptors (Lipinski definition) is 3. The van der Waals surface area contributed by atoms with E-state index in [0.717, 1.165) is 25.3 Å². The Kier molecular flexibility index (Phi) is 4.13. The fourth-order valence-corrected chi connectivity index (χ4v) is 2.94.